The van der Waals surface area contributed by atoms with Crippen molar-refractivity contribution in [2.75, 3.05) is 0 Å². The van der Waals surface area contributed by atoms with Gasteiger partial charge >= 0.3 is 6.09 Å². The van der Waals surface area contributed by atoms with Crippen molar-refractivity contribution in [1.82, 2.24) is 4.90 Å². The molecule has 1 aromatic carbocycles. The molecular formula is C14H21BN2O5. The molecule has 0 atom stereocenters. The van der Waals surface area contributed by atoms with Crippen molar-refractivity contribution in [3.8, 4) is 0 Å². The minimum absolute atomic E-state index is 0.0467. The molecule has 1 aromatic rings. The molecule has 0 aliphatic heterocycles. The molecule has 0 radical (unpaired) electrons. The summed E-state index contributed by atoms with van der Waals surface area (Å²) in [6, 6.07) is 6.71. The molecule has 0 spiro atoms. The zero-order valence-electron chi connectivity index (χ0n) is 13.1. The Hall–Kier alpha value is -2.06. The van der Waals surface area contributed by atoms with Crippen LogP contribution in [0.2, 0.25) is 0 Å². The van der Waals surface area contributed by atoms with Gasteiger partial charge in [0.25, 0.3) is 0 Å². The Bertz CT molecular complexity index is 532. The van der Waals surface area contributed by atoms with Gasteiger partial charge in [-0.1, -0.05) is 29.4 Å². The molecule has 120 valence electrons. The highest BCUT2D eigenvalue weighted by Crippen LogP contribution is 2.17. The number of nitrogens with zero attached hydrogens (tertiary/aromatic N) is 2. The zero-order valence-corrected chi connectivity index (χ0v) is 13.1. The third kappa shape index (κ3) is 5.75. The number of ether oxygens (including phenoxy) is 1. The number of carbonyl (C=O) groups excluding carboxylic acids is 1. The lowest BCUT2D eigenvalue weighted by Gasteiger charge is -2.34. The van der Waals surface area contributed by atoms with Crippen molar-refractivity contribution < 1.29 is 25.0 Å². The highest BCUT2D eigenvalue weighted by molar-refractivity contribution is 6.13. The Morgan fingerprint density at radius 1 is 1.32 bits per heavy atom. The van der Waals surface area contributed by atoms with E-state index < -0.39 is 17.5 Å². The van der Waals surface area contributed by atoms with Crippen molar-refractivity contribution in [3.05, 3.63) is 35.4 Å². The van der Waals surface area contributed by atoms with Gasteiger partial charge in [-0.3, -0.25) is 4.90 Å². The summed E-state index contributed by atoms with van der Waals surface area (Å²) in [5.41, 5.74) is 0.586. The van der Waals surface area contributed by atoms with Crippen LogP contribution in [0.5, 0.6) is 0 Å². The Morgan fingerprint density at radius 3 is 2.27 bits per heavy atom. The van der Waals surface area contributed by atoms with Crippen LogP contribution in [0.3, 0.4) is 0 Å². The first kappa shape index (κ1) is 18.0. The van der Waals surface area contributed by atoms with Crippen LogP contribution in [-0.2, 0) is 11.3 Å². The molecule has 0 heterocycles. The van der Waals surface area contributed by atoms with E-state index in [4.69, 9.17) is 9.94 Å². The third-order valence-corrected chi connectivity index (χ3v) is 2.65. The molecule has 8 heteroatoms. The molecule has 3 N–H and O–H groups in total. The molecule has 7 nitrogen and oxygen atoms in total. The number of hydrogen-bond donors (Lipinski definition) is 3. The van der Waals surface area contributed by atoms with E-state index in [1.165, 1.54) is 6.21 Å². The summed E-state index contributed by atoms with van der Waals surface area (Å²) in [5, 5.41) is 30.9. The Morgan fingerprint density at radius 2 is 1.86 bits per heavy atom. The van der Waals surface area contributed by atoms with Crippen LogP contribution < -0.4 is 0 Å². The fourth-order valence-corrected chi connectivity index (χ4v) is 1.66. The van der Waals surface area contributed by atoms with Gasteiger partial charge < -0.3 is 20.2 Å². The molecule has 0 fully saturated rings. The van der Waals surface area contributed by atoms with Gasteiger partial charge in [-0.05, 0) is 31.9 Å². The molecule has 0 unspecified atom stereocenters. The predicted octanol–water partition coefficient (Wildman–Crippen LogP) is 0.461. The number of amides is 1. The molecule has 0 aliphatic carbocycles. The molecule has 1 amide bonds. The van der Waals surface area contributed by atoms with Gasteiger partial charge in [-0.2, -0.15) is 0 Å². The Kier molecular flexibility index (Phi) is 5.56. The van der Waals surface area contributed by atoms with Crippen molar-refractivity contribution in [2.24, 2.45) is 5.16 Å². The lowest BCUT2D eigenvalue weighted by Crippen LogP contribution is -2.53. The van der Waals surface area contributed by atoms with Gasteiger partial charge in [-0.15, -0.1) is 0 Å². The van der Waals surface area contributed by atoms with Crippen molar-refractivity contribution in [1.29, 1.82) is 0 Å². The quantitative estimate of drug-likeness (QED) is 0.246. The third-order valence-electron chi connectivity index (χ3n) is 2.65. The second-order valence-corrected chi connectivity index (χ2v) is 6.02. The first-order chi connectivity index (χ1) is 10.0. The fraction of sp³-hybridized carbons (Fsp3) is 0.429. The van der Waals surface area contributed by atoms with Crippen LogP contribution >= 0.6 is 0 Å². The van der Waals surface area contributed by atoms with Crippen molar-refractivity contribution in [2.45, 2.75) is 38.7 Å². The summed E-state index contributed by atoms with van der Waals surface area (Å²) in [6.45, 7) is 5.03. The van der Waals surface area contributed by atoms with Crippen LogP contribution in [0.25, 0.3) is 0 Å². The topological polar surface area (TPSA) is 103 Å². The number of carbonyl (C=O) groups is 1. The fourth-order valence-electron chi connectivity index (χ4n) is 1.66. The molecule has 0 bridgehead atoms. The second-order valence-electron chi connectivity index (χ2n) is 6.02. The summed E-state index contributed by atoms with van der Waals surface area (Å²) in [4.78, 5) is 12.9. The minimum Gasteiger partial charge on any atom is -0.444 e. The average molecular weight is 308 g/mol. The summed E-state index contributed by atoms with van der Waals surface area (Å²) >= 11 is 0. The van der Waals surface area contributed by atoms with E-state index in [0.29, 0.717) is 11.1 Å². The number of rotatable bonds is 4. The first-order valence-electron chi connectivity index (χ1n) is 6.74. The zero-order chi connectivity index (χ0) is 17.0. The van der Waals surface area contributed by atoms with Crippen LogP contribution in [0, 0.1) is 0 Å². The molecule has 0 saturated heterocycles. The SMILES string of the molecule is BC(O)(O)N(Cc1ccc(/C=N/O)cc1)C(=O)OC(C)(C)C. The lowest BCUT2D eigenvalue weighted by atomic mass is 10.0. The maximum absolute atomic E-state index is 12.1. The molecule has 1 rings (SSSR count). The van der Waals surface area contributed by atoms with E-state index in [9.17, 15) is 15.0 Å². The molecular weight excluding hydrogens is 287 g/mol. The lowest BCUT2D eigenvalue weighted by molar-refractivity contribution is -0.190. The van der Waals surface area contributed by atoms with E-state index >= 15 is 0 Å². The van der Waals surface area contributed by atoms with Gasteiger partial charge in [0.05, 0.1) is 12.8 Å². The summed E-state index contributed by atoms with van der Waals surface area (Å²) in [6.07, 6.45) is 0.429. The summed E-state index contributed by atoms with van der Waals surface area (Å²) in [7, 11) is 1.09. The predicted molar refractivity (Wildman–Crippen MR) is 83.3 cm³/mol. The maximum atomic E-state index is 12.1. The van der Waals surface area contributed by atoms with E-state index in [1.807, 2.05) is 0 Å². The van der Waals surface area contributed by atoms with Gasteiger partial charge in [-0.25, -0.2) is 4.79 Å². The van der Waals surface area contributed by atoms with Crippen LogP contribution in [0.1, 0.15) is 31.9 Å². The van der Waals surface area contributed by atoms with E-state index in [2.05, 4.69) is 5.16 Å². The van der Waals surface area contributed by atoms with Crippen LogP contribution in [0.15, 0.2) is 29.4 Å². The Labute approximate surface area is 130 Å². The summed E-state index contributed by atoms with van der Waals surface area (Å²) in [5.74, 6) is -2.35. The van der Waals surface area contributed by atoms with Crippen LogP contribution in [-0.4, -0.2) is 51.9 Å². The molecule has 0 aromatic heterocycles. The van der Waals surface area contributed by atoms with E-state index in [0.717, 1.165) is 12.7 Å². The van der Waals surface area contributed by atoms with Crippen molar-refractivity contribution >= 4 is 20.2 Å². The van der Waals surface area contributed by atoms with Gasteiger partial charge in [0, 0.05) is 0 Å². The highest BCUT2D eigenvalue weighted by Gasteiger charge is 2.33. The normalized spacial score (nSPS) is 12.4. The van der Waals surface area contributed by atoms with Crippen molar-refractivity contribution in [3.63, 3.8) is 0 Å². The van der Waals surface area contributed by atoms with Crippen LogP contribution in [0.4, 0.5) is 4.79 Å². The molecule has 22 heavy (non-hydrogen) atoms. The van der Waals surface area contributed by atoms with Gasteiger partial charge in [0.15, 0.2) is 0 Å². The average Bonchev–Trinajstić information content (AvgIpc) is 2.34. The largest absolute Gasteiger partial charge is 0.444 e. The molecule has 0 saturated carbocycles. The number of hydrogen-bond acceptors (Lipinski definition) is 6. The minimum atomic E-state index is -2.35. The van der Waals surface area contributed by atoms with Gasteiger partial charge in [0.1, 0.15) is 5.60 Å². The van der Waals surface area contributed by atoms with E-state index in [-0.39, 0.29) is 6.54 Å². The Balaban J connectivity index is 2.92. The maximum Gasteiger partial charge on any atom is 0.414 e. The number of aliphatic hydroxyl groups is 2. The number of benzene rings is 1. The van der Waals surface area contributed by atoms with E-state index in [1.54, 1.807) is 45.0 Å². The second kappa shape index (κ2) is 6.80. The first-order valence-corrected chi connectivity index (χ1v) is 6.74. The monoisotopic (exact) mass is 308 g/mol. The standard InChI is InChI=1S/C14H21BN2O5/c1-13(2,3)22-12(18)17(14(15,19)20)9-11-6-4-10(5-7-11)8-16-21/h4-8,19-21H,9,15H2,1-3H3/b16-8+. The number of oxime groups is 1. The van der Waals surface area contributed by atoms with Gasteiger partial charge in [0.2, 0.25) is 13.7 Å². The summed E-state index contributed by atoms with van der Waals surface area (Å²) < 4.78 is 5.17. The highest BCUT2D eigenvalue weighted by atomic mass is 16.6. The molecule has 0 aliphatic rings. The smallest absolute Gasteiger partial charge is 0.414 e.